The van der Waals surface area contributed by atoms with E-state index in [9.17, 15) is 0 Å². The lowest BCUT2D eigenvalue weighted by Crippen LogP contribution is -2.33. The molecule has 2 saturated carbocycles. The second-order valence-corrected chi connectivity index (χ2v) is 7.90. The van der Waals surface area contributed by atoms with Crippen LogP contribution in [0.4, 0.5) is 5.69 Å². The second-order valence-electron chi connectivity index (χ2n) is 7.90. The molecule has 4 rings (SSSR count). The molecule has 0 radical (unpaired) electrons. The van der Waals surface area contributed by atoms with Crippen LogP contribution in [0.2, 0.25) is 0 Å². The van der Waals surface area contributed by atoms with Crippen molar-refractivity contribution in [3.63, 3.8) is 0 Å². The van der Waals surface area contributed by atoms with Gasteiger partial charge in [-0.3, -0.25) is 4.99 Å². The topological polar surface area (TPSA) is 64.1 Å². The van der Waals surface area contributed by atoms with E-state index in [-0.39, 0.29) is 0 Å². The highest BCUT2D eigenvalue weighted by atomic mass is 16.5. The third kappa shape index (κ3) is 5.76. The minimum absolute atomic E-state index is 0.516. The van der Waals surface area contributed by atoms with E-state index in [0.717, 1.165) is 61.7 Å². The number of rotatable bonds is 8. The molecular weight excluding hydrogens is 342 g/mol. The Hall–Kier alpha value is -1.95. The van der Waals surface area contributed by atoms with Crippen LogP contribution in [0.25, 0.3) is 0 Å². The first-order chi connectivity index (χ1) is 13.3. The van der Waals surface area contributed by atoms with Crippen molar-refractivity contribution >= 4 is 11.6 Å². The molecule has 2 N–H and O–H groups in total. The van der Waals surface area contributed by atoms with Gasteiger partial charge in [-0.25, -0.2) is 0 Å². The van der Waals surface area contributed by atoms with Crippen LogP contribution in [0, 0.1) is 11.8 Å². The average Bonchev–Trinajstić information content (AvgIpc) is 3.56. The molecule has 1 aromatic carbocycles. The maximum Gasteiger partial charge on any atom is 0.196 e. The lowest BCUT2D eigenvalue weighted by molar-refractivity contribution is 0.123. The van der Waals surface area contributed by atoms with Gasteiger partial charge in [0.1, 0.15) is 0 Å². The molecule has 1 aliphatic heterocycles. The molecule has 2 atom stereocenters. The van der Waals surface area contributed by atoms with Gasteiger partial charge in [0.25, 0.3) is 0 Å². The van der Waals surface area contributed by atoms with Gasteiger partial charge in [-0.1, -0.05) is 6.92 Å². The van der Waals surface area contributed by atoms with Crippen LogP contribution in [-0.2, 0) is 4.74 Å². The molecule has 148 valence electrons. The van der Waals surface area contributed by atoms with E-state index in [1.165, 1.54) is 19.3 Å². The van der Waals surface area contributed by atoms with E-state index in [0.29, 0.717) is 25.2 Å². The summed E-state index contributed by atoms with van der Waals surface area (Å²) < 4.78 is 17.2. The van der Waals surface area contributed by atoms with Crippen LogP contribution in [0.5, 0.6) is 11.5 Å². The standard InChI is InChI=1S/C21H31N3O3/c1-15-12-18(15)24-21(22-8-2-9-25-14-16-4-5-16)23-17-6-7-19-20(13-17)27-11-3-10-26-19/h6-7,13,15-16,18H,2-5,8-12,14H2,1H3,(H2,22,23,24). The number of hydrogen-bond donors (Lipinski definition) is 2. The van der Waals surface area contributed by atoms with Crippen LogP contribution in [0.3, 0.4) is 0 Å². The Morgan fingerprint density at radius 1 is 1.22 bits per heavy atom. The Labute approximate surface area is 161 Å². The minimum atomic E-state index is 0.516. The molecule has 0 amide bonds. The first kappa shape index (κ1) is 18.4. The van der Waals surface area contributed by atoms with Crippen LogP contribution in [0.1, 0.15) is 39.0 Å². The summed E-state index contributed by atoms with van der Waals surface area (Å²) in [4.78, 5) is 4.74. The maximum absolute atomic E-state index is 5.79. The number of ether oxygens (including phenoxy) is 3. The van der Waals surface area contributed by atoms with Gasteiger partial charge in [0, 0.05) is 44.0 Å². The zero-order valence-corrected chi connectivity index (χ0v) is 16.2. The zero-order valence-electron chi connectivity index (χ0n) is 16.2. The van der Waals surface area contributed by atoms with E-state index in [1.54, 1.807) is 0 Å². The number of nitrogens with one attached hydrogen (secondary N) is 2. The zero-order chi connectivity index (χ0) is 18.5. The van der Waals surface area contributed by atoms with Crippen LogP contribution >= 0.6 is 0 Å². The summed E-state index contributed by atoms with van der Waals surface area (Å²) in [6.45, 7) is 6.12. The van der Waals surface area contributed by atoms with E-state index in [4.69, 9.17) is 19.2 Å². The molecule has 27 heavy (non-hydrogen) atoms. The fraction of sp³-hybridized carbons (Fsp3) is 0.667. The SMILES string of the molecule is CC1CC1NC(=NCCCOCC1CC1)Nc1ccc2c(c1)OCCCO2. The van der Waals surface area contributed by atoms with Gasteiger partial charge in [0.2, 0.25) is 0 Å². The Morgan fingerprint density at radius 2 is 2.04 bits per heavy atom. The molecule has 3 aliphatic rings. The Kier molecular flexibility index (Phi) is 6.02. The van der Waals surface area contributed by atoms with Crippen LogP contribution in [-0.4, -0.2) is 45.0 Å². The molecule has 0 bridgehead atoms. The molecule has 0 saturated heterocycles. The Balaban J connectivity index is 1.32. The molecule has 0 spiro atoms. The van der Waals surface area contributed by atoms with Gasteiger partial charge in [0.05, 0.1) is 13.2 Å². The Bertz CT molecular complexity index is 660. The maximum atomic E-state index is 5.79. The number of benzene rings is 1. The van der Waals surface area contributed by atoms with E-state index < -0.39 is 0 Å². The fourth-order valence-corrected chi connectivity index (χ4v) is 3.09. The molecule has 2 unspecified atom stereocenters. The van der Waals surface area contributed by atoms with Gasteiger partial charge in [-0.05, 0) is 49.7 Å². The normalized spacial score (nSPS) is 24.3. The van der Waals surface area contributed by atoms with Crippen molar-refractivity contribution in [2.45, 2.75) is 45.1 Å². The molecule has 0 aromatic heterocycles. The number of anilines is 1. The average molecular weight is 373 g/mol. The number of aliphatic imine (C=N–C) groups is 1. The van der Waals surface area contributed by atoms with Gasteiger partial charge < -0.3 is 24.8 Å². The first-order valence-corrected chi connectivity index (χ1v) is 10.3. The molecule has 6 nitrogen and oxygen atoms in total. The smallest absolute Gasteiger partial charge is 0.196 e. The van der Waals surface area contributed by atoms with Crippen molar-refractivity contribution < 1.29 is 14.2 Å². The monoisotopic (exact) mass is 373 g/mol. The van der Waals surface area contributed by atoms with Crippen molar-refractivity contribution in [2.24, 2.45) is 16.8 Å². The quantitative estimate of drug-likeness (QED) is 0.415. The third-order valence-corrected chi connectivity index (χ3v) is 5.21. The first-order valence-electron chi connectivity index (χ1n) is 10.3. The highest BCUT2D eigenvalue weighted by molar-refractivity contribution is 5.94. The largest absolute Gasteiger partial charge is 0.490 e. The number of fused-ring (bicyclic) bond motifs is 1. The van der Waals surface area contributed by atoms with Crippen LogP contribution in [0.15, 0.2) is 23.2 Å². The predicted molar refractivity (Wildman–Crippen MR) is 107 cm³/mol. The summed E-state index contributed by atoms with van der Waals surface area (Å²) in [5.74, 6) is 3.98. The highest BCUT2D eigenvalue weighted by Crippen LogP contribution is 2.33. The number of guanidine groups is 1. The summed E-state index contributed by atoms with van der Waals surface area (Å²) in [6.07, 6.45) is 5.73. The summed E-state index contributed by atoms with van der Waals surface area (Å²) in [7, 11) is 0. The molecule has 2 fully saturated rings. The summed E-state index contributed by atoms with van der Waals surface area (Å²) in [5, 5.41) is 6.95. The van der Waals surface area contributed by atoms with Crippen molar-refractivity contribution in [1.82, 2.24) is 5.32 Å². The highest BCUT2D eigenvalue weighted by Gasteiger charge is 2.33. The van der Waals surface area contributed by atoms with Crippen molar-refractivity contribution in [3.05, 3.63) is 18.2 Å². The molecule has 2 aliphatic carbocycles. The van der Waals surface area contributed by atoms with Gasteiger partial charge in [-0.2, -0.15) is 0 Å². The summed E-state index contributed by atoms with van der Waals surface area (Å²) in [5.41, 5.74) is 0.962. The van der Waals surface area contributed by atoms with Crippen molar-refractivity contribution in [2.75, 3.05) is 38.3 Å². The fourth-order valence-electron chi connectivity index (χ4n) is 3.09. The van der Waals surface area contributed by atoms with Crippen molar-refractivity contribution in [3.8, 4) is 11.5 Å². The van der Waals surface area contributed by atoms with Gasteiger partial charge in [-0.15, -0.1) is 0 Å². The lowest BCUT2D eigenvalue weighted by Gasteiger charge is -2.14. The molecular formula is C21H31N3O3. The van der Waals surface area contributed by atoms with Gasteiger partial charge >= 0.3 is 0 Å². The van der Waals surface area contributed by atoms with E-state index in [2.05, 4.69) is 17.6 Å². The molecule has 1 heterocycles. The van der Waals surface area contributed by atoms with Crippen LogP contribution < -0.4 is 20.1 Å². The third-order valence-electron chi connectivity index (χ3n) is 5.21. The summed E-state index contributed by atoms with van der Waals surface area (Å²) >= 11 is 0. The Morgan fingerprint density at radius 3 is 2.81 bits per heavy atom. The van der Waals surface area contributed by atoms with Crippen molar-refractivity contribution in [1.29, 1.82) is 0 Å². The minimum Gasteiger partial charge on any atom is -0.490 e. The van der Waals surface area contributed by atoms with E-state index >= 15 is 0 Å². The second kappa shape index (κ2) is 8.83. The molecule has 1 aromatic rings. The van der Waals surface area contributed by atoms with Gasteiger partial charge in [0.15, 0.2) is 17.5 Å². The number of nitrogens with zero attached hydrogens (tertiary/aromatic N) is 1. The summed E-state index contributed by atoms with van der Waals surface area (Å²) in [6, 6.07) is 6.49. The molecule has 6 heteroatoms. The number of hydrogen-bond acceptors (Lipinski definition) is 4. The predicted octanol–water partition coefficient (Wildman–Crippen LogP) is 3.43. The lowest BCUT2D eigenvalue weighted by atomic mass is 10.2. The van der Waals surface area contributed by atoms with E-state index in [1.807, 2.05) is 18.2 Å².